The molecule has 1 aromatic heterocycles. The zero-order valence-electron chi connectivity index (χ0n) is 9.07. The summed E-state index contributed by atoms with van der Waals surface area (Å²) in [6, 6.07) is 9.10. The zero-order valence-corrected chi connectivity index (χ0v) is 11.5. The van der Waals surface area contributed by atoms with Crippen molar-refractivity contribution >= 4 is 38.9 Å². The van der Waals surface area contributed by atoms with E-state index in [0.717, 1.165) is 4.47 Å². The second kappa shape index (κ2) is 5.33. The molecule has 0 aliphatic heterocycles. The molecule has 0 fully saturated rings. The number of ether oxygens (including phenoxy) is 1. The number of carbonyl (C=O) groups is 1. The van der Waals surface area contributed by atoms with E-state index in [0.29, 0.717) is 16.3 Å². The lowest BCUT2D eigenvalue weighted by Gasteiger charge is -2.08. The minimum Gasteiger partial charge on any atom is -0.495 e. The van der Waals surface area contributed by atoms with Crippen molar-refractivity contribution in [1.82, 2.24) is 0 Å². The third-order valence-electron chi connectivity index (χ3n) is 2.15. The quantitative estimate of drug-likeness (QED) is 0.937. The largest absolute Gasteiger partial charge is 0.495 e. The van der Waals surface area contributed by atoms with Crippen LogP contribution in [0.25, 0.3) is 0 Å². The van der Waals surface area contributed by atoms with Crippen molar-refractivity contribution in [3.63, 3.8) is 0 Å². The fourth-order valence-corrected chi connectivity index (χ4v) is 2.69. The maximum atomic E-state index is 11.9. The third kappa shape index (κ3) is 2.87. The number of benzene rings is 1. The van der Waals surface area contributed by atoms with Gasteiger partial charge in [0.25, 0.3) is 5.91 Å². The van der Waals surface area contributed by atoms with Gasteiger partial charge in [-0.15, -0.1) is 11.3 Å². The summed E-state index contributed by atoms with van der Waals surface area (Å²) in [6.45, 7) is 0. The Kier molecular flexibility index (Phi) is 3.81. The molecule has 1 aromatic carbocycles. The molecular weight excluding hydrogens is 302 g/mol. The monoisotopic (exact) mass is 311 g/mol. The van der Waals surface area contributed by atoms with Gasteiger partial charge in [0.15, 0.2) is 0 Å². The van der Waals surface area contributed by atoms with Crippen molar-refractivity contribution in [2.45, 2.75) is 0 Å². The summed E-state index contributed by atoms with van der Waals surface area (Å²) in [5, 5.41) is 4.69. The topological polar surface area (TPSA) is 38.3 Å². The molecule has 0 spiro atoms. The van der Waals surface area contributed by atoms with Crippen LogP contribution >= 0.6 is 27.3 Å². The molecule has 5 heteroatoms. The molecule has 3 nitrogen and oxygen atoms in total. The number of methoxy groups -OCH3 is 1. The highest BCUT2D eigenvalue weighted by Gasteiger charge is 2.10. The molecule has 0 atom stereocenters. The van der Waals surface area contributed by atoms with Gasteiger partial charge in [-0.25, -0.2) is 0 Å². The van der Waals surface area contributed by atoms with Gasteiger partial charge in [-0.1, -0.05) is 12.1 Å². The second-order valence-electron chi connectivity index (χ2n) is 3.28. The van der Waals surface area contributed by atoms with Gasteiger partial charge < -0.3 is 10.1 Å². The summed E-state index contributed by atoms with van der Waals surface area (Å²) in [4.78, 5) is 12.6. The van der Waals surface area contributed by atoms with Crippen LogP contribution in [0.3, 0.4) is 0 Å². The first-order chi connectivity index (χ1) is 8.20. The third-order valence-corrected chi connectivity index (χ3v) is 3.84. The van der Waals surface area contributed by atoms with E-state index in [-0.39, 0.29) is 5.91 Å². The Morgan fingerprint density at radius 1 is 1.41 bits per heavy atom. The van der Waals surface area contributed by atoms with Crippen LogP contribution in [0, 0.1) is 0 Å². The second-order valence-corrected chi connectivity index (χ2v) is 5.11. The van der Waals surface area contributed by atoms with Gasteiger partial charge in [-0.2, -0.15) is 0 Å². The zero-order chi connectivity index (χ0) is 12.3. The number of amides is 1. The summed E-state index contributed by atoms with van der Waals surface area (Å²) < 4.78 is 6.08. The summed E-state index contributed by atoms with van der Waals surface area (Å²) in [7, 11) is 1.58. The molecule has 2 aromatic rings. The van der Waals surface area contributed by atoms with Gasteiger partial charge in [0.2, 0.25) is 0 Å². The molecule has 0 unspecified atom stereocenters. The minimum absolute atomic E-state index is 0.134. The number of para-hydroxylation sites is 2. The van der Waals surface area contributed by atoms with E-state index in [1.54, 1.807) is 25.3 Å². The van der Waals surface area contributed by atoms with Crippen LogP contribution in [0.1, 0.15) is 9.67 Å². The van der Waals surface area contributed by atoms with Gasteiger partial charge >= 0.3 is 0 Å². The highest BCUT2D eigenvalue weighted by Crippen LogP contribution is 2.25. The molecule has 2 rings (SSSR count). The fourth-order valence-electron chi connectivity index (χ4n) is 1.36. The van der Waals surface area contributed by atoms with Crippen molar-refractivity contribution in [3.05, 3.63) is 45.1 Å². The van der Waals surface area contributed by atoms with Gasteiger partial charge in [0, 0.05) is 9.85 Å². The first-order valence-corrected chi connectivity index (χ1v) is 6.56. The molecule has 0 saturated heterocycles. The molecule has 1 amide bonds. The van der Waals surface area contributed by atoms with Gasteiger partial charge in [-0.05, 0) is 34.1 Å². The average Bonchev–Trinajstić information content (AvgIpc) is 2.77. The van der Waals surface area contributed by atoms with Crippen LogP contribution in [0.4, 0.5) is 5.69 Å². The van der Waals surface area contributed by atoms with Crippen molar-refractivity contribution in [2.24, 2.45) is 0 Å². The average molecular weight is 312 g/mol. The molecule has 88 valence electrons. The molecule has 0 saturated carbocycles. The number of hydrogen-bond acceptors (Lipinski definition) is 3. The number of carbonyl (C=O) groups excluding carboxylic acids is 1. The highest BCUT2D eigenvalue weighted by molar-refractivity contribution is 9.10. The molecule has 1 heterocycles. The molecule has 17 heavy (non-hydrogen) atoms. The van der Waals surface area contributed by atoms with E-state index in [4.69, 9.17) is 4.74 Å². The number of halogens is 1. The van der Waals surface area contributed by atoms with E-state index in [9.17, 15) is 4.79 Å². The van der Waals surface area contributed by atoms with Crippen molar-refractivity contribution in [2.75, 3.05) is 12.4 Å². The Morgan fingerprint density at radius 3 is 2.82 bits per heavy atom. The number of anilines is 1. The van der Waals surface area contributed by atoms with Crippen LogP contribution < -0.4 is 10.1 Å². The lowest BCUT2D eigenvalue weighted by molar-refractivity contribution is 0.103. The van der Waals surface area contributed by atoms with Crippen LogP contribution in [0.15, 0.2) is 40.2 Å². The molecule has 1 N–H and O–H groups in total. The maximum Gasteiger partial charge on any atom is 0.265 e. The molecule has 0 aliphatic rings. The fraction of sp³-hybridized carbons (Fsp3) is 0.0833. The van der Waals surface area contributed by atoms with Crippen LogP contribution in [-0.4, -0.2) is 13.0 Å². The maximum absolute atomic E-state index is 11.9. The Balaban J connectivity index is 2.18. The Hall–Kier alpha value is -1.33. The number of rotatable bonds is 3. The van der Waals surface area contributed by atoms with Crippen LogP contribution in [-0.2, 0) is 0 Å². The molecule has 0 bridgehead atoms. The summed E-state index contributed by atoms with van der Waals surface area (Å²) in [5.74, 6) is 0.515. The number of nitrogens with one attached hydrogen (secondary N) is 1. The van der Waals surface area contributed by atoms with E-state index in [2.05, 4.69) is 21.2 Å². The first kappa shape index (κ1) is 12.1. The summed E-state index contributed by atoms with van der Waals surface area (Å²) >= 11 is 4.71. The van der Waals surface area contributed by atoms with E-state index < -0.39 is 0 Å². The van der Waals surface area contributed by atoms with Crippen molar-refractivity contribution < 1.29 is 9.53 Å². The van der Waals surface area contributed by atoms with Crippen molar-refractivity contribution in [3.8, 4) is 5.75 Å². The Bertz CT molecular complexity index is 539. The predicted octanol–water partition coefficient (Wildman–Crippen LogP) is 3.77. The normalized spacial score (nSPS) is 10.0. The van der Waals surface area contributed by atoms with Gasteiger partial charge in [-0.3, -0.25) is 4.79 Å². The smallest absolute Gasteiger partial charge is 0.265 e. The van der Waals surface area contributed by atoms with E-state index >= 15 is 0 Å². The SMILES string of the molecule is COc1ccccc1NC(=O)c1cc(Br)cs1. The predicted molar refractivity (Wildman–Crippen MR) is 73.0 cm³/mol. The van der Waals surface area contributed by atoms with Crippen LogP contribution in [0.5, 0.6) is 5.75 Å². The van der Waals surface area contributed by atoms with Gasteiger partial charge in [0.05, 0.1) is 17.7 Å². The lowest BCUT2D eigenvalue weighted by Crippen LogP contribution is -2.10. The Morgan fingerprint density at radius 2 is 2.18 bits per heavy atom. The minimum atomic E-state index is -0.134. The number of hydrogen-bond donors (Lipinski definition) is 1. The summed E-state index contributed by atoms with van der Waals surface area (Å²) in [6.07, 6.45) is 0. The molecule has 0 aliphatic carbocycles. The van der Waals surface area contributed by atoms with E-state index in [1.165, 1.54) is 11.3 Å². The molecular formula is C12H10BrNO2S. The Labute approximate surface area is 112 Å². The number of thiophene rings is 1. The van der Waals surface area contributed by atoms with Gasteiger partial charge in [0.1, 0.15) is 5.75 Å². The highest BCUT2D eigenvalue weighted by atomic mass is 79.9. The van der Waals surface area contributed by atoms with E-state index in [1.807, 2.05) is 17.5 Å². The standard InChI is InChI=1S/C12H10BrNO2S/c1-16-10-5-3-2-4-9(10)14-12(15)11-6-8(13)7-17-11/h2-7H,1H3,(H,14,15). The molecule has 0 radical (unpaired) electrons. The first-order valence-electron chi connectivity index (χ1n) is 4.89. The van der Waals surface area contributed by atoms with Crippen molar-refractivity contribution in [1.29, 1.82) is 0 Å². The lowest BCUT2D eigenvalue weighted by atomic mass is 10.3. The summed E-state index contributed by atoms with van der Waals surface area (Å²) in [5.41, 5.74) is 0.671. The van der Waals surface area contributed by atoms with Crippen LogP contribution in [0.2, 0.25) is 0 Å².